The molecule has 1 aliphatic heterocycles. The number of nitrogen functional groups attached to an aromatic ring is 1. The van der Waals surface area contributed by atoms with Crippen molar-refractivity contribution in [3.63, 3.8) is 0 Å². The van der Waals surface area contributed by atoms with Crippen LogP contribution >= 0.6 is 0 Å². The fourth-order valence-corrected chi connectivity index (χ4v) is 2.35. The second-order valence-electron chi connectivity index (χ2n) is 5.06. The van der Waals surface area contributed by atoms with Gasteiger partial charge in [-0.1, -0.05) is 0 Å². The van der Waals surface area contributed by atoms with Crippen LogP contribution < -0.4 is 5.73 Å². The van der Waals surface area contributed by atoms with Crippen molar-refractivity contribution in [1.29, 1.82) is 0 Å². The number of alkyl halides is 3. The number of benzene rings is 1. The molecule has 0 aliphatic carbocycles. The topological polar surface area (TPSA) is 55.6 Å². The van der Waals surface area contributed by atoms with Crippen molar-refractivity contribution in [3.05, 3.63) is 29.3 Å². The summed E-state index contributed by atoms with van der Waals surface area (Å²) < 4.78 is 43.4. The number of anilines is 1. The molecule has 1 aromatic carbocycles. The summed E-state index contributed by atoms with van der Waals surface area (Å²) in [5.41, 5.74) is 4.72. The van der Waals surface area contributed by atoms with E-state index in [-0.39, 0.29) is 17.3 Å². The average Bonchev–Trinajstić information content (AvgIpc) is 2.46. The van der Waals surface area contributed by atoms with Crippen LogP contribution in [0.25, 0.3) is 0 Å². The number of hydrogen-bond donors (Lipinski definition) is 1. The molecule has 0 unspecified atom stereocenters. The van der Waals surface area contributed by atoms with Gasteiger partial charge in [0.15, 0.2) is 0 Å². The fraction of sp³-hybridized carbons (Fsp3) is 0.500. The van der Waals surface area contributed by atoms with E-state index in [4.69, 9.17) is 10.5 Å². The van der Waals surface area contributed by atoms with Crippen LogP contribution in [0.4, 0.5) is 18.9 Å². The van der Waals surface area contributed by atoms with Crippen LogP contribution in [0.5, 0.6) is 0 Å². The molecule has 116 valence electrons. The standard InChI is InChI=1S/C14H17F3N2O2/c1-19(10-4-6-21-7-5-10)13(20)11-8-9(14(15,16)17)2-3-12(11)18/h2-3,8,10H,4-7,18H2,1H3. The zero-order valence-electron chi connectivity index (χ0n) is 11.6. The number of carbonyl (C=O) groups excluding carboxylic acids is 1. The lowest BCUT2D eigenvalue weighted by molar-refractivity contribution is -0.137. The van der Waals surface area contributed by atoms with Crippen LogP contribution in [-0.2, 0) is 10.9 Å². The molecule has 7 heteroatoms. The van der Waals surface area contributed by atoms with E-state index in [9.17, 15) is 18.0 Å². The first-order chi connectivity index (χ1) is 9.80. The molecule has 1 saturated heterocycles. The normalized spacial score (nSPS) is 16.8. The Morgan fingerprint density at radius 2 is 1.95 bits per heavy atom. The van der Waals surface area contributed by atoms with Crippen molar-refractivity contribution in [2.75, 3.05) is 26.0 Å². The molecule has 1 aromatic rings. The molecule has 0 spiro atoms. The highest BCUT2D eigenvalue weighted by Gasteiger charge is 2.32. The predicted molar refractivity (Wildman–Crippen MR) is 71.8 cm³/mol. The Labute approximate surface area is 120 Å². The molecule has 0 radical (unpaired) electrons. The largest absolute Gasteiger partial charge is 0.416 e. The van der Waals surface area contributed by atoms with E-state index in [2.05, 4.69) is 0 Å². The Hall–Kier alpha value is -1.76. The number of hydrogen-bond acceptors (Lipinski definition) is 3. The van der Waals surface area contributed by atoms with Crippen LogP contribution in [0.1, 0.15) is 28.8 Å². The molecule has 2 N–H and O–H groups in total. The molecular weight excluding hydrogens is 285 g/mol. The van der Waals surface area contributed by atoms with Gasteiger partial charge in [-0.25, -0.2) is 0 Å². The molecule has 21 heavy (non-hydrogen) atoms. The molecule has 0 aromatic heterocycles. The Morgan fingerprint density at radius 3 is 2.52 bits per heavy atom. The first kappa shape index (κ1) is 15.6. The van der Waals surface area contributed by atoms with Gasteiger partial charge >= 0.3 is 6.18 Å². The summed E-state index contributed by atoms with van der Waals surface area (Å²) in [7, 11) is 1.58. The van der Waals surface area contributed by atoms with E-state index in [1.165, 1.54) is 4.90 Å². The number of ether oxygens (including phenoxy) is 1. The number of halogens is 3. The Balaban J connectivity index is 2.25. The predicted octanol–water partition coefficient (Wildman–Crippen LogP) is 2.54. The maximum Gasteiger partial charge on any atom is 0.416 e. The molecule has 1 heterocycles. The van der Waals surface area contributed by atoms with Crippen molar-refractivity contribution in [3.8, 4) is 0 Å². The monoisotopic (exact) mass is 302 g/mol. The third-order valence-corrected chi connectivity index (χ3v) is 3.67. The van der Waals surface area contributed by atoms with Gasteiger partial charge < -0.3 is 15.4 Å². The van der Waals surface area contributed by atoms with E-state index >= 15 is 0 Å². The zero-order chi connectivity index (χ0) is 15.6. The molecule has 0 bridgehead atoms. The molecular formula is C14H17F3N2O2. The fourth-order valence-electron chi connectivity index (χ4n) is 2.35. The highest BCUT2D eigenvalue weighted by Crippen LogP contribution is 2.31. The van der Waals surface area contributed by atoms with E-state index < -0.39 is 17.6 Å². The van der Waals surface area contributed by atoms with Crippen LogP contribution in [0, 0.1) is 0 Å². The van der Waals surface area contributed by atoms with Crippen molar-refractivity contribution < 1.29 is 22.7 Å². The SMILES string of the molecule is CN(C(=O)c1cc(C(F)(F)F)ccc1N)C1CCOCC1. The molecule has 0 saturated carbocycles. The number of nitrogens with zero attached hydrogens (tertiary/aromatic N) is 1. The van der Waals surface area contributed by atoms with Gasteiger partial charge in [0.25, 0.3) is 5.91 Å². The van der Waals surface area contributed by atoms with Crippen LogP contribution in [0.2, 0.25) is 0 Å². The Bertz CT molecular complexity index is 525. The Kier molecular flexibility index (Phi) is 4.41. The summed E-state index contributed by atoms with van der Waals surface area (Å²) in [6.45, 7) is 1.08. The summed E-state index contributed by atoms with van der Waals surface area (Å²) in [6, 6.07) is 2.77. The number of amides is 1. The van der Waals surface area contributed by atoms with Gasteiger partial charge in [0.1, 0.15) is 0 Å². The second-order valence-corrected chi connectivity index (χ2v) is 5.06. The minimum absolute atomic E-state index is 0.0415. The number of rotatable bonds is 2. The van der Waals surface area contributed by atoms with Gasteiger partial charge in [0, 0.05) is 32.0 Å². The second kappa shape index (κ2) is 5.93. The number of carbonyl (C=O) groups is 1. The minimum atomic E-state index is -4.50. The number of nitrogens with two attached hydrogens (primary N) is 1. The molecule has 1 aliphatic rings. The minimum Gasteiger partial charge on any atom is -0.398 e. The quantitative estimate of drug-likeness (QED) is 0.854. The molecule has 1 amide bonds. The van der Waals surface area contributed by atoms with Crippen molar-refractivity contribution in [2.24, 2.45) is 0 Å². The van der Waals surface area contributed by atoms with Gasteiger partial charge in [-0.2, -0.15) is 13.2 Å². The summed E-state index contributed by atoms with van der Waals surface area (Å²) >= 11 is 0. The van der Waals surface area contributed by atoms with Crippen molar-refractivity contribution >= 4 is 11.6 Å². The average molecular weight is 302 g/mol. The smallest absolute Gasteiger partial charge is 0.398 e. The van der Waals surface area contributed by atoms with Crippen LogP contribution in [0.15, 0.2) is 18.2 Å². The first-order valence-corrected chi connectivity index (χ1v) is 6.62. The molecule has 0 atom stereocenters. The third-order valence-electron chi connectivity index (χ3n) is 3.67. The maximum atomic E-state index is 12.7. The third kappa shape index (κ3) is 3.47. The van der Waals surface area contributed by atoms with Gasteiger partial charge in [0.2, 0.25) is 0 Å². The van der Waals surface area contributed by atoms with Crippen LogP contribution in [0.3, 0.4) is 0 Å². The van der Waals surface area contributed by atoms with Crippen molar-refractivity contribution in [2.45, 2.75) is 25.1 Å². The lowest BCUT2D eigenvalue weighted by atomic mass is 10.0. The van der Waals surface area contributed by atoms with E-state index in [0.29, 0.717) is 26.1 Å². The first-order valence-electron chi connectivity index (χ1n) is 6.62. The van der Waals surface area contributed by atoms with Crippen LogP contribution in [-0.4, -0.2) is 37.1 Å². The lowest BCUT2D eigenvalue weighted by Crippen LogP contribution is -2.41. The van der Waals surface area contributed by atoms with Gasteiger partial charge in [-0.05, 0) is 31.0 Å². The van der Waals surface area contributed by atoms with Gasteiger partial charge in [-0.15, -0.1) is 0 Å². The van der Waals surface area contributed by atoms with E-state index in [1.807, 2.05) is 0 Å². The summed E-state index contributed by atoms with van der Waals surface area (Å²) in [5, 5.41) is 0. The van der Waals surface area contributed by atoms with Gasteiger partial charge in [0.05, 0.1) is 11.1 Å². The van der Waals surface area contributed by atoms with E-state index in [0.717, 1.165) is 18.2 Å². The highest BCUT2D eigenvalue weighted by atomic mass is 19.4. The zero-order valence-corrected chi connectivity index (χ0v) is 11.6. The summed E-state index contributed by atoms with van der Waals surface area (Å²) in [6.07, 6.45) is -3.16. The summed E-state index contributed by atoms with van der Waals surface area (Å²) in [4.78, 5) is 13.8. The van der Waals surface area contributed by atoms with Crippen molar-refractivity contribution in [1.82, 2.24) is 4.90 Å². The highest BCUT2D eigenvalue weighted by molar-refractivity contribution is 5.99. The van der Waals surface area contributed by atoms with Gasteiger partial charge in [-0.3, -0.25) is 4.79 Å². The molecule has 1 fully saturated rings. The summed E-state index contributed by atoms with van der Waals surface area (Å²) in [5.74, 6) is -0.495. The Morgan fingerprint density at radius 1 is 1.33 bits per heavy atom. The maximum absolute atomic E-state index is 12.7. The van der Waals surface area contributed by atoms with E-state index in [1.54, 1.807) is 7.05 Å². The molecule has 4 nitrogen and oxygen atoms in total. The molecule has 2 rings (SSSR count). The lowest BCUT2D eigenvalue weighted by Gasteiger charge is -2.31.